The molecule has 0 radical (unpaired) electrons. The molecule has 3 aromatic rings. The highest BCUT2D eigenvalue weighted by molar-refractivity contribution is 5.62. The fourth-order valence-corrected chi connectivity index (χ4v) is 2.08. The van der Waals surface area contributed by atoms with Crippen LogP contribution < -0.4 is 5.32 Å². The number of nitrogens with one attached hydrogen (secondary N) is 2. The maximum Gasteiger partial charge on any atom is 0.270 e. The zero-order chi connectivity index (χ0) is 16.2. The number of H-pyrrole nitrogens is 1. The highest BCUT2D eigenvalue weighted by Crippen LogP contribution is 2.24. The summed E-state index contributed by atoms with van der Waals surface area (Å²) < 4.78 is 0. The second-order valence-corrected chi connectivity index (χ2v) is 4.74. The first-order valence-corrected chi connectivity index (χ1v) is 6.67. The van der Waals surface area contributed by atoms with E-state index in [-0.39, 0.29) is 18.0 Å². The van der Waals surface area contributed by atoms with Crippen molar-refractivity contribution >= 4 is 11.4 Å². The van der Waals surface area contributed by atoms with Crippen LogP contribution in [-0.4, -0.2) is 30.7 Å². The molecule has 0 aliphatic rings. The van der Waals surface area contributed by atoms with Gasteiger partial charge >= 0.3 is 0 Å². The van der Waals surface area contributed by atoms with E-state index in [2.05, 4.69) is 25.9 Å². The molecule has 9 heteroatoms. The summed E-state index contributed by atoms with van der Waals surface area (Å²) in [7, 11) is 0. The van der Waals surface area contributed by atoms with Crippen molar-refractivity contribution in [2.75, 3.05) is 5.32 Å². The van der Waals surface area contributed by atoms with Crippen LogP contribution in [0.2, 0.25) is 0 Å². The van der Waals surface area contributed by atoms with Crippen molar-refractivity contribution in [3.63, 3.8) is 0 Å². The number of tetrazole rings is 1. The van der Waals surface area contributed by atoms with Crippen molar-refractivity contribution in [2.45, 2.75) is 6.54 Å². The van der Waals surface area contributed by atoms with Gasteiger partial charge in [0.1, 0.15) is 5.75 Å². The summed E-state index contributed by atoms with van der Waals surface area (Å²) in [6.45, 7) is 0.239. The van der Waals surface area contributed by atoms with Gasteiger partial charge in [-0.25, -0.2) is 0 Å². The molecule has 0 aliphatic heterocycles. The summed E-state index contributed by atoms with van der Waals surface area (Å²) in [5, 5.41) is 37.4. The number of benzene rings is 2. The molecule has 0 atom stereocenters. The van der Waals surface area contributed by atoms with Gasteiger partial charge in [0.15, 0.2) is 0 Å². The lowest BCUT2D eigenvalue weighted by molar-refractivity contribution is -0.384. The van der Waals surface area contributed by atoms with Crippen LogP contribution in [0.4, 0.5) is 11.4 Å². The van der Waals surface area contributed by atoms with E-state index in [9.17, 15) is 15.2 Å². The lowest BCUT2D eigenvalue weighted by Gasteiger charge is -2.09. The molecule has 0 amide bonds. The number of nitrogens with zero attached hydrogens (tertiary/aromatic N) is 4. The molecule has 1 heterocycles. The third-order valence-electron chi connectivity index (χ3n) is 3.22. The zero-order valence-corrected chi connectivity index (χ0v) is 11.8. The normalized spacial score (nSPS) is 10.4. The molecule has 3 N–H and O–H groups in total. The standard InChI is InChI=1S/C14H12N6O3/c21-13-5-4-12(20(22)23)7-10(13)8-15-11-3-1-2-9(6-11)14-16-18-19-17-14/h1-7,15,21H,8H2,(H,16,17,18,19). The Labute approximate surface area is 130 Å². The largest absolute Gasteiger partial charge is 0.508 e. The summed E-state index contributed by atoms with van der Waals surface area (Å²) in [5.41, 5.74) is 1.90. The van der Waals surface area contributed by atoms with Crippen LogP contribution in [0.1, 0.15) is 5.56 Å². The number of aromatic hydroxyl groups is 1. The number of aromatic nitrogens is 4. The molecule has 116 valence electrons. The molecular formula is C14H12N6O3. The van der Waals surface area contributed by atoms with Gasteiger partial charge in [0.05, 0.1) is 4.92 Å². The molecule has 23 heavy (non-hydrogen) atoms. The van der Waals surface area contributed by atoms with Gasteiger partial charge in [0.2, 0.25) is 5.82 Å². The van der Waals surface area contributed by atoms with Crippen LogP contribution in [0.3, 0.4) is 0 Å². The Morgan fingerprint density at radius 3 is 2.87 bits per heavy atom. The molecular weight excluding hydrogens is 300 g/mol. The van der Waals surface area contributed by atoms with Crippen molar-refractivity contribution in [1.29, 1.82) is 0 Å². The molecule has 3 rings (SSSR count). The molecule has 9 nitrogen and oxygen atoms in total. The minimum absolute atomic E-state index is 0.00239. The smallest absolute Gasteiger partial charge is 0.270 e. The number of non-ortho nitro benzene ring substituents is 1. The Kier molecular flexibility index (Phi) is 3.83. The minimum atomic E-state index is -0.500. The second-order valence-electron chi connectivity index (χ2n) is 4.74. The third-order valence-corrected chi connectivity index (χ3v) is 3.22. The maximum atomic E-state index is 10.8. The van der Waals surface area contributed by atoms with Gasteiger partial charge in [-0.1, -0.05) is 12.1 Å². The lowest BCUT2D eigenvalue weighted by Crippen LogP contribution is -2.01. The Bertz CT molecular complexity index is 834. The van der Waals surface area contributed by atoms with Gasteiger partial charge in [0.25, 0.3) is 5.69 Å². The van der Waals surface area contributed by atoms with Crippen LogP contribution in [0.25, 0.3) is 11.4 Å². The molecule has 0 bridgehead atoms. The van der Waals surface area contributed by atoms with Crippen molar-refractivity contribution < 1.29 is 10.0 Å². The number of nitro groups is 1. The van der Waals surface area contributed by atoms with Crippen molar-refractivity contribution in [3.05, 3.63) is 58.1 Å². The number of phenols is 1. The van der Waals surface area contributed by atoms with Gasteiger partial charge < -0.3 is 10.4 Å². The van der Waals surface area contributed by atoms with E-state index in [1.165, 1.54) is 18.2 Å². The molecule has 1 aromatic heterocycles. The minimum Gasteiger partial charge on any atom is -0.508 e. The molecule has 0 fully saturated rings. The summed E-state index contributed by atoms with van der Waals surface area (Å²) in [6.07, 6.45) is 0. The zero-order valence-electron chi connectivity index (χ0n) is 11.8. The van der Waals surface area contributed by atoms with E-state index in [1.54, 1.807) is 0 Å². The quantitative estimate of drug-likeness (QED) is 0.485. The van der Waals surface area contributed by atoms with E-state index in [0.717, 1.165) is 11.3 Å². The number of hydrogen-bond acceptors (Lipinski definition) is 7. The number of anilines is 1. The highest BCUT2D eigenvalue weighted by Gasteiger charge is 2.10. The van der Waals surface area contributed by atoms with Crippen molar-refractivity contribution in [3.8, 4) is 17.1 Å². The average molecular weight is 312 g/mol. The van der Waals surface area contributed by atoms with E-state index in [4.69, 9.17) is 0 Å². The topological polar surface area (TPSA) is 130 Å². The summed E-state index contributed by atoms with van der Waals surface area (Å²) in [4.78, 5) is 10.3. The molecule has 2 aromatic carbocycles. The molecule has 0 unspecified atom stereocenters. The fourth-order valence-electron chi connectivity index (χ4n) is 2.08. The molecule has 0 aliphatic carbocycles. The number of nitro benzene ring substituents is 1. The van der Waals surface area contributed by atoms with Crippen molar-refractivity contribution in [1.82, 2.24) is 20.6 Å². The average Bonchev–Trinajstić information content (AvgIpc) is 3.08. The lowest BCUT2D eigenvalue weighted by atomic mass is 10.1. The maximum absolute atomic E-state index is 10.8. The molecule has 0 saturated heterocycles. The van der Waals surface area contributed by atoms with Crippen LogP contribution in [0, 0.1) is 10.1 Å². The van der Waals surface area contributed by atoms with E-state index in [0.29, 0.717) is 11.4 Å². The van der Waals surface area contributed by atoms with E-state index in [1.807, 2.05) is 24.3 Å². The summed E-state index contributed by atoms with van der Waals surface area (Å²) in [5.74, 6) is 0.462. The van der Waals surface area contributed by atoms with Crippen LogP contribution in [-0.2, 0) is 6.54 Å². The fraction of sp³-hybridized carbons (Fsp3) is 0.0714. The first kappa shape index (κ1) is 14.4. The summed E-state index contributed by atoms with van der Waals surface area (Å²) >= 11 is 0. The van der Waals surface area contributed by atoms with Gasteiger partial charge in [-0.3, -0.25) is 10.1 Å². The van der Waals surface area contributed by atoms with Gasteiger partial charge in [-0.05, 0) is 23.4 Å². The van der Waals surface area contributed by atoms with Crippen LogP contribution >= 0.6 is 0 Å². The van der Waals surface area contributed by atoms with Crippen LogP contribution in [0.15, 0.2) is 42.5 Å². The van der Waals surface area contributed by atoms with Crippen molar-refractivity contribution in [2.24, 2.45) is 0 Å². The Hall–Kier alpha value is -3.49. The van der Waals surface area contributed by atoms with Crippen LogP contribution in [0.5, 0.6) is 5.75 Å². The number of phenolic OH excluding ortho intramolecular Hbond substituents is 1. The monoisotopic (exact) mass is 312 g/mol. The first-order chi connectivity index (χ1) is 11.1. The number of rotatable bonds is 5. The van der Waals surface area contributed by atoms with E-state index < -0.39 is 4.92 Å². The third kappa shape index (κ3) is 3.23. The molecule has 0 saturated carbocycles. The Morgan fingerprint density at radius 1 is 1.26 bits per heavy atom. The first-order valence-electron chi connectivity index (χ1n) is 6.67. The number of hydrogen-bond donors (Lipinski definition) is 3. The highest BCUT2D eigenvalue weighted by atomic mass is 16.6. The SMILES string of the molecule is O=[N+]([O-])c1ccc(O)c(CNc2cccc(-c3nn[nH]n3)c2)c1. The Balaban J connectivity index is 1.77. The Morgan fingerprint density at radius 2 is 2.13 bits per heavy atom. The predicted octanol–water partition coefficient (Wildman–Crippen LogP) is 2.09. The van der Waals surface area contributed by atoms with E-state index >= 15 is 0 Å². The van der Waals surface area contributed by atoms with Gasteiger partial charge in [-0.2, -0.15) is 5.21 Å². The van der Waals surface area contributed by atoms with Gasteiger partial charge in [-0.15, -0.1) is 10.2 Å². The van der Waals surface area contributed by atoms with Gasteiger partial charge in [0, 0.05) is 35.5 Å². The molecule has 0 spiro atoms. The second kappa shape index (κ2) is 6.10. The number of aromatic amines is 1. The summed E-state index contributed by atoms with van der Waals surface area (Å²) in [6, 6.07) is 11.2. The predicted molar refractivity (Wildman–Crippen MR) is 81.7 cm³/mol.